The first-order valence-corrected chi connectivity index (χ1v) is 5.27. The van der Waals surface area contributed by atoms with Crippen molar-refractivity contribution in [1.82, 2.24) is 9.97 Å². The van der Waals surface area contributed by atoms with Gasteiger partial charge < -0.3 is 11.1 Å². The fourth-order valence-electron chi connectivity index (χ4n) is 0.885. The molecule has 6 heteroatoms. The van der Waals surface area contributed by atoms with Crippen LogP contribution < -0.4 is 11.1 Å². The summed E-state index contributed by atoms with van der Waals surface area (Å²) in [7, 11) is 0.532. The molecule has 0 aliphatic heterocycles. The highest BCUT2D eigenvalue weighted by molar-refractivity contribution is 7.84. The Hall–Kier alpha value is -1.17. The van der Waals surface area contributed by atoms with Crippen molar-refractivity contribution in [1.29, 1.82) is 0 Å². The third kappa shape index (κ3) is 1.95. The second-order valence-electron chi connectivity index (χ2n) is 2.57. The Morgan fingerprint density at radius 3 is 2.54 bits per heavy atom. The Labute approximate surface area is 79.2 Å². The molecule has 1 atom stereocenters. The van der Waals surface area contributed by atoms with E-state index < -0.39 is 10.8 Å². The SMILES string of the molecule is CNc1nc(S(C)=O)nc(N)c1C. The van der Waals surface area contributed by atoms with Crippen molar-refractivity contribution >= 4 is 22.4 Å². The van der Waals surface area contributed by atoms with Crippen molar-refractivity contribution in [2.75, 3.05) is 24.4 Å². The van der Waals surface area contributed by atoms with E-state index in [1.54, 1.807) is 7.05 Å². The molecule has 1 heterocycles. The van der Waals surface area contributed by atoms with Crippen LogP contribution in [-0.2, 0) is 10.8 Å². The molecule has 1 rings (SSSR count). The molecule has 13 heavy (non-hydrogen) atoms. The fraction of sp³-hybridized carbons (Fsp3) is 0.429. The van der Waals surface area contributed by atoms with Crippen LogP contribution in [0.5, 0.6) is 0 Å². The maximum Gasteiger partial charge on any atom is 0.222 e. The molecule has 0 spiro atoms. The van der Waals surface area contributed by atoms with Gasteiger partial charge in [-0.05, 0) is 6.92 Å². The molecule has 72 valence electrons. The number of aromatic nitrogens is 2. The average molecular weight is 200 g/mol. The Bertz CT molecular complexity index is 353. The molecule has 5 nitrogen and oxygen atoms in total. The number of nitrogen functional groups attached to an aromatic ring is 1. The molecule has 0 bridgehead atoms. The van der Waals surface area contributed by atoms with E-state index in [2.05, 4.69) is 15.3 Å². The van der Waals surface area contributed by atoms with Gasteiger partial charge in [-0.3, -0.25) is 4.21 Å². The van der Waals surface area contributed by atoms with Crippen molar-refractivity contribution in [3.05, 3.63) is 5.56 Å². The van der Waals surface area contributed by atoms with Gasteiger partial charge in [0.2, 0.25) is 5.16 Å². The zero-order valence-corrected chi connectivity index (χ0v) is 8.60. The molecular formula is C7H12N4OS. The van der Waals surface area contributed by atoms with E-state index >= 15 is 0 Å². The predicted octanol–water partition coefficient (Wildman–Crippen LogP) is 0.146. The van der Waals surface area contributed by atoms with Gasteiger partial charge in [-0.1, -0.05) is 0 Å². The summed E-state index contributed by atoms with van der Waals surface area (Å²) in [6, 6.07) is 0. The summed E-state index contributed by atoms with van der Waals surface area (Å²) in [5.41, 5.74) is 6.38. The first kappa shape index (κ1) is 9.91. The van der Waals surface area contributed by atoms with Crippen molar-refractivity contribution in [2.24, 2.45) is 0 Å². The third-order valence-electron chi connectivity index (χ3n) is 1.66. The van der Waals surface area contributed by atoms with E-state index in [0.717, 1.165) is 5.56 Å². The first-order chi connectivity index (χ1) is 6.06. The summed E-state index contributed by atoms with van der Waals surface area (Å²) in [4.78, 5) is 7.96. The zero-order valence-electron chi connectivity index (χ0n) is 7.79. The minimum absolute atomic E-state index is 0.257. The summed E-state index contributed by atoms with van der Waals surface area (Å²) in [6.45, 7) is 1.81. The lowest BCUT2D eigenvalue weighted by atomic mass is 10.3. The fourth-order valence-corrected chi connectivity index (χ4v) is 1.33. The topological polar surface area (TPSA) is 80.9 Å². The lowest BCUT2D eigenvalue weighted by molar-refractivity contribution is 0.680. The standard InChI is InChI=1S/C7H12N4OS/c1-4-5(8)10-7(13(3)12)11-6(4)9-2/h1-3H3,(H3,8,9,10,11). The van der Waals surface area contributed by atoms with Gasteiger partial charge in [0.1, 0.15) is 11.6 Å². The molecule has 0 aliphatic carbocycles. The molecule has 1 aromatic rings. The van der Waals surface area contributed by atoms with Gasteiger partial charge >= 0.3 is 0 Å². The van der Waals surface area contributed by atoms with Crippen molar-refractivity contribution < 1.29 is 4.21 Å². The first-order valence-electron chi connectivity index (χ1n) is 3.71. The minimum atomic E-state index is -1.20. The summed E-state index contributed by atoms with van der Waals surface area (Å²) in [6.07, 6.45) is 1.52. The molecule has 3 N–H and O–H groups in total. The number of anilines is 2. The van der Waals surface area contributed by atoms with Crippen LogP contribution in [0, 0.1) is 6.92 Å². The van der Waals surface area contributed by atoms with Gasteiger partial charge in [0, 0.05) is 18.9 Å². The van der Waals surface area contributed by atoms with Crippen molar-refractivity contribution in [3.63, 3.8) is 0 Å². The van der Waals surface area contributed by atoms with Crippen LogP contribution in [-0.4, -0.2) is 27.5 Å². The molecule has 0 saturated heterocycles. The Balaban J connectivity index is 3.30. The largest absolute Gasteiger partial charge is 0.383 e. The van der Waals surface area contributed by atoms with Crippen LogP contribution >= 0.6 is 0 Å². The molecule has 0 saturated carbocycles. The van der Waals surface area contributed by atoms with E-state index in [-0.39, 0.29) is 5.16 Å². The number of nitrogens with zero attached hydrogens (tertiary/aromatic N) is 2. The zero-order chi connectivity index (χ0) is 10.0. The molecule has 0 amide bonds. The quantitative estimate of drug-likeness (QED) is 0.664. The lowest BCUT2D eigenvalue weighted by Crippen LogP contribution is -2.07. The lowest BCUT2D eigenvalue weighted by Gasteiger charge is -2.07. The number of nitrogens with one attached hydrogen (secondary N) is 1. The normalized spacial score (nSPS) is 12.5. The van der Waals surface area contributed by atoms with E-state index in [1.165, 1.54) is 6.26 Å². The van der Waals surface area contributed by atoms with Crippen molar-refractivity contribution in [2.45, 2.75) is 12.1 Å². The predicted molar refractivity (Wildman–Crippen MR) is 53.1 cm³/mol. The highest BCUT2D eigenvalue weighted by Gasteiger charge is 2.09. The van der Waals surface area contributed by atoms with E-state index in [1.807, 2.05) is 6.92 Å². The van der Waals surface area contributed by atoms with Gasteiger partial charge in [-0.2, -0.15) is 0 Å². The Kier molecular flexibility index (Phi) is 2.82. The smallest absolute Gasteiger partial charge is 0.222 e. The van der Waals surface area contributed by atoms with Gasteiger partial charge in [-0.25, -0.2) is 9.97 Å². The van der Waals surface area contributed by atoms with E-state index in [0.29, 0.717) is 11.6 Å². The molecule has 1 aromatic heterocycles. The van der Waals surface area contributed by atoms with E-state index in [4.69, 9.17) is 5.73 Å². The Morgan fingerprint density at radius 1 is 1.46 bits per heavy atom. The molecule has 0 radical (unpaired) electrons. The van der Waals surface area contributed by atoms with Gasteiger partial charge in [0.05, 0.1) is 10.8 Å². The summed E-state index contributed by atoms with van der Waals surface area (Å²) in [5.74, 6) is 0.988. The summed E-state index contributed by atoms with van der Waals surface area (Å²) in [5, 5.41) is 3.12. The second kappa shape index (κ2) is 3.69. The number of hydrogen-bond acceptors (Lipinski definition) is 5. The molecular weight excluding hydrogens is 188 g/mol. The van der Waals surface area contributed by atoms with Crippen LogP contribution in [0.4, 0.5) is 11.6 Å². The Morgan fingerprint density at radius 2 is 2.08 bits per heavy atom. The highest BCUT2D eigenvalue weighted by atomic mass is 32.2. The molecule has 0 aromatic carbocycles. The number of hydrogen-bond donors (Lipinski definition) is 2. The summed E-state index contributed by atoms with van der Waals surface area (Å²) >= 11 is 0. The van der Waals surface area contributed by atoms with Crippen LogP contribution in [0.1, 0.15) is 5.56 Å². The molecule has 1 unspecified atom stereocenters. The van der Waals surface area contributed by atoms with Gasteiger partial charge in [0.15, 0.2) is 0 Å². The average Bonchev–Trinajstić information content (AvgIpc) is 2.09. The molecule has 0 fully saturated rings. The minimum Gasteiger partial charge on any atom is -0.383 e. The maximum absolute atomic E-state index is 11.1. The number of nitrogens with two attached hydrogens (primary N) is 1. The number of rotatable bonds is 2. The van der Waals surface area contributed by atoms with Crippen LogP contribution in [0.3, 0.4) is 0 Å². The molecule has 0 aliphatic rings. The highest BCUT2D eigenvalue weighted by Crippen LogP contribution is 2.17. The second-order valence-corrected chi connectivity index (χ2v) is 3.84. The maximum atomic E-state index is 11.1. The summed E-state index contributed by atoms with van der Waals surface area (Å²) < 4.78 is 11.1. The monoisotopic (exact) mass is 200 g/mol. The van der Waals surface area contributed by atoms with E-state index in [9.17, 15) is 4.21 Å². The van der Waals surface area contributed by atoms with Gasteiger partial charge in [-0.15, -0.1) is 0 Å². The van der Waals surface area contributed by atoms with Gasteiger partial charge in [0.25, 0.3) is 0 Å². The van der Waals surface area contributed by atoms with Crippen LogP contribution in [0.25, 0.3) is 0 Å². The van der Waals surface area contributed by atoms with Crippen molar-refractivity contribution in [3.8, 4) is 0 Å². The van der Waals surface area contributed by atoms with Crippen LogP contribution in [0.15, 0.2) is 5.16 Å². The third-order valence-corrected chi connectivity index (χ3v) is 2.35. The van der Waals surface area contributed by atoms with Crippen LogP contribution in [0.2, 0.25) is 0 Å².